The lowest BCUT2D eigenvalue weighted by Crippen LogP contribution is -1.93. The Kier molecular flexibility index (Phi) is 2.72. The minimum absolute atomic E-state index is 0.282. The van der Waals surface area contributed by atoms with Crippen LogP contribution in [-0.2, 0) is 7.05 Å². The molecule has 96 valence electrons. The number of aromatic hydroxyl groups is 1. The first-order chi connectivity index (χ1) is 9.06. The molecule has 0 atom stereocenters. The van der Waals surface area contributed by atoms with Gasteiger partial charge < -0.3 is 9.67 Å². The number of phenols is 1. The molecular weight excluding hydrogens is 260 g/mol. The Morgan fingerprint density at radius 1 is 1.21 bits per heavy atom. The highest BCUT2D eigenvalue weighted by molar-refractivity contribution is 6.30. The van der Waals surface area contributed by atoms with Crippen molar-refractivity contribution in [2.24, 2.45) is 7.05 Å². The molecule has 0 radical (unpaired) electrons. The zero-order chi connectivity index (χ0) is 13.6. The average molecular weight is 273 g/mol. The molecule has 0 saturated carbocycles. The first-order valence-corrected chi connectivity index (χ1v) is 6.35. The summed E-state index contributed by atoms with van der Waals surface area (Å²) in [7, 11) is 2.00. The fraction of sp³-hybridized carbons (Fsp3) is 0.133. The lowest BCUT2D eigenvalue weighted by molar-refractivity contribution is 0.475. The van der Waals surface area contributed by atoms with Gasteiger partial charge >= 0.3 is 0 Å². The van der Waals surface area contributed by atoms with Crippen LogP contribution < -0.4 is 0 Å². The van der Waals surface area contributed by atoms with Gasteiger partial charge in [0.2, 0.25) is 0 Å². The maximum Gasteiger partial charge on any atom is 0.129 e. The quantitative estimate of drug-likeness (QED) is 0.682. The van der Waals surface area contributed by atoms with Gasteiger partial charge in [0, 0.05) is 23.7 Å². The third-order valence-corrected chi connectivity index (χ3v) is 3.59. The molecule has 0 unspecified atom stereocenters. The number of pyridine rings is 1. The van der Waals surface area contributed by atoms with Gasteiger partial charge in [-0.3, -0.25) is 0 Å². The molecule has 0 fully saturated rings. The second kappa shape index (κ2) is 4.28. The number of hydrogen-bond donors (Lipinski definition) is 1. The molecule has 0 aliphatic rings. The minimum Gasteiger partial charge on any atom is -0.508 e. The topological polar surface area (TPSA) is 38.1 Å². The zero-order valence-corrected chi connectivity index (χ0v) is 11.4. The molecule has 3 nitrogen and oxygen atoms in total. The Balaban J connectivity index is 2.27. The highest BCUT2D eigenvalue weighted by Crippen LogP contribution is 2.31. The second-order valence-corrected chi connectivity index (χ2v) is 5.04. The third kappa shape index (κ3) is 1.96. The van der Waals surface area contributed by atoms with E-state index in [1.54, 1.807) is 18.3 Å². The number of hydrogen-bond acceptors (Lipinski definition) is 2. The van der Waals surface area contributed by atoms with E-state index in [1.807, 2.05) is 26.1 Å². The molecule has 0 aliphatic heterocycles. The van der Waals surface area contributed by atoms with E-state index in [-0.39, 0.29) is 5.75 Å². The molecule has 2 heterocycles. The summed E-state index contributed by atoms with van der Waals surface area (Å²) < 4.78 is 2.08. The number of rotatable bonds is 1. The van der Waals surface area contributed by atoms with Crippen LogP contribution in [0.5, 0.6) is 5.75 Å². The van der Waals surface area contributed by atoms with Gasteiger partial charge in [-0.1, -0.05) is 11.6 Å². The van der Waals surface area contributed by atoms with Gasteiger partial charge in [-0.15, -0.1) is 0 Å². The van der Waals surface area contributed by atoms with Crippen molar-refractivity contribution in [3.8, 4) is 17.0 Å². The Bertz CT molecular complexity index is 777. The van der Waals surface area contributed by atoms with Crippen molar-refractivity contribution >= 4 is 22.5 Å². The van der Waals surface area contributed by atoms with Gasteiger partial charge in [-0.05, 0) is 42.8 Å². The normalized spacial score (nSPS) is 11.1. The van der Waals surface area contributed by atoms with E-state index < -0.39 is 0 Å². The Morgan fingerprint density at radius 2 is 2.00 bits per heavy atom. The summed E-state index contributed by atoms with van der Waals surface area (Å²) in [6.45, 7) is 1.98. The van der Waals surface area contributed by atoms with Crippen LogP contribution in [0.3, 0.4) is 0 Å². The Morgan fingerprint density at radius 3 is 2.74 bits per heavy atom. The van der Waals surface area contributed by atoms with E-state index >= 15 is 0 Å². The summed E-state index contributed by atoms with van der Waals surface area (Å²) >= 11 is 5.92. The largest absolute Gasteiger partial charge is 0.508 e. The van der Waals surface area contributed by atoms with Crippen LogP contribution in [0, 0.1) is 6.92 Å². The minimum atomic E-state index is 0.282. The number of aryl methyl sites for hydroxylation is 2. The van der Waals surface area contributed by atoms with E-state index in [0.717, 1.165) is 27.7 Å². The molecule has 1 N–H and O–H groups in total. The summed E-state index contributed by atoms with van der Waals surface area (Å²) in [5.74, 6) is 0.282. The lowest BCUT2D eigenvalue weighted by Gasteiger charge is -2.08. The van der Waals surface area contributed by atoms with E-state index in [4.69, 9.17) is 11.6 Å². The number of phenolic OH excluding ortho intramolecular Hbond substituents is 1. The maximum absolute atomic E-state index is 9.50. The van der Waals surface area contributed by atoms with Crippen LogP contribution in [0.15, 0.2) is 36.5 Å². The zero-order valence-electron chi connectivity index (χ0n) is 10.7. The van der Waals surface area contributed by atoms with Crippen molar-refractivity contribution in [1.29, 1.82) is 0 Å². The first kappa shape index (κ1) is 12.1. The number of benzene rings is 1. The maximum atomic E-state index is 9.50. The summed E-state index contributed by atoms with van der Waals surface area (Å²) in [6.07, 6.45) is 1.77. The highest BCUT2D eigenvalue weighted by atomic mass is 35.5. The average Bonchev–Trinajstić information content (AvgIpc) is 2.66. The number of fused-ring (bicyclic) bond motifs is 1. The van der Waals surface area contributed by atoms with Gasteiger partial charge in [0.05, 0.1) is 11.7 Å². The van der Waals surface area contributed by atoms with E-state index in [9.17, 15) is 5.11 Å². The molecule has 3 rings (SSSR count). The predicted octanol–water partition coefficient (Wildman–Crippen LogP) is 3.91. The van der Waals surface area contributed by atoms with Gasteiger partial charge in [0.25, 0.3) is 0 Å². The van der Waals surface area contributed by atoms with Crippen LogP contribution >= 0.6 is 11.6 Å². The van der Waals surface area contributed by atoms with Gasteiger partial charge in [-0.25, -0.2) is 4.98 Å². The van der Waals surface area contributed by atoms with Crippen LogP contribution in [0.25, 0.3) is 22.2 Å². The van der Waals surface area contributed by atoms with E-state index in [2.05, 4.69) is 15.6 Å². The highest BCUT2D eigenvalue weighted by Gasteiger charge is 2.11. The molecule has 4 heteroatoms. The summed E-state index contributed by atoms with van der Waals surface area (Å²) in [4.78, 5) is 4.12. The summed E-state index contributed by atoms with van der Waals surface area (Å²) in [6, 6.07) is 9.33. The van der Waals surface area contributed by atoms with Gasteiger partial charge in [0.15, 0.2) is 0 Å². The fourth-order valence-corrected chi connectivity index (χ4v) is 2.57. The number of aromatic nitrogens is 2. The van der Waals surface area contributed by atoms with Crippen molar-refractivity contribution in [2.75, 3.05) is 0 Å². The molecule has 0 saturated heterocycles. The van der Waals surface area contributed by atoms with Crippen LogP contribution in [0.2, 0.25) is 5.15 Å². The summed E-state index contributed by atoms with van der Waals surface area (Å²) in [5, 5.41) is 11.0. The molecular formula is C15H13ClN2O. The van der Waals surface area contributed by atoms with Crippen LogP contribution in [0.4, 0.5) is 0 Å². The first-order valence-electron chi connectivity index (χ1n) is 5.97. The monoisotopic (exact) mass is 272 g/mol. The molecule has 3 aromatic rings. The van der Waals surface area contributed by atoms with Gasteiger partial charge in [0.1, 0.15) is 10.9 Å². The summed E-state index contributed by atoms with van der Waals surface area (Å²) in [5.41, 5.74) is 4.24. The lowest BCUT2D eigenvalue weighted by atomic mass is 10.1. The second-order valence-electron chi connectivity index (χ2n) is 4.65. The van der Waals surface area contributed by atoms with Gasteiger partial charge in [-0.2, -0.15) is 0 Å². The number of nitrogens with zero attached hydrogens (tertiary/aromatic N) is 2. The van der Waals surface area contributed by atoms with E-state index in [1.165, 1.54) is 0 Å². The molecule has 1 aromatic carbocycles. The van der Waals surface area contributed by atoms with E-state index in [0.29, 0.717) is 5.15 Å². The smallest absolute Gasteiger partial charge is 0.129 e. The standard InChI is InChI=1S/C15H13ClN2O/c1-9-5-11(19)3-4-12(9)13-6-10-7-15(16)17-8-14(10)18(13)2/h3-8,19H,1-2H3. The van der Waals surface area contributed by atoms with Crippen LogP contribution in [-0.4, -0.2) is 14.7 Å². The predicted molar refractivity (Wildman–Crippen MR) is 77.6 cm³/mol. The molecule has 0 bridgehead atoms. The molecule has 0 spiro atoms. The molecule has 19 heavy (non-hydrogen) atoms. The van der Waals surface area contributed by atoms with Crippen molar-refractivity contribution in [2.45, 2.75) is 6.92 Å². The van der Waals surface area contributed by atoms with Crippen molar-refractivity contribution in [1.82, 2.24) is 9.55 Å². The third-order valence-electron chi connectivity index (χ3n) is 3.38. The van der Waals surface area contributed by atoms with Crippen LogP contribution in [0.1, 0.15) is 5.56 Å². The van der Waals surface area contributed by atoms with Crippen molar-refractivity contribution < 1.29 is 5.11 Å². The molecule has 0 aliphatic carbocycles. The number of halogens is 1. The fourth-order valence-electron chi connectivity index (χ4n) is 2.40. The molecule has 0 amide bonds. The Labute approximate surface area is 116 Å². The Hall–Kier alpha value is -2.00. The molecule has 2 aromatic heterocycles. The van der Waals surface area contributed by atoms with Crippen molar-refractivity contribution in [3.05, 3.63) is 47.2 Å². The SMILES string of the molecule is Cc1cc(O)ccc1-c1cc2cc(Cl)ncc2n1C. The van der Waals surface area contributed by atoms with Crippen molar-refractivity contribution in [3.63, 3.8) is 0 Å².